The van der Waals surface area contributed by atoms with Gasteiger partial charge in [0.15, 0.2) is 0 Å². The molecule has 1 aromatic heterocycles. The third-order valence-electron chi connectivity index (χ3n) is 3.08. The molecule has 0 spiro atoms. The van der Waals surface area contributed by atoms with Gasteiger partial charge in [0, 0.05) is 5.56 Å². The van der Waals surface area contributed by atoms with Crippen LogP contribution in [0.25, 0.3) is 11.5 Å². The van der Waals surface area contributed by atoms with Gasteiger partial charge in [-0.2, -0.15) is 13.2 Å². The summed E-state index contributed by atoms with van der Waals surface area (Å²) in [5.41, 5.74) is -0.326. The molecule has 1 aromatic carbocycles. The van der Waals surface area contributed by atoms with Crippen LogP contribution in [0, 0.1) is 5.92 Å². The molecule has 0 radical (unpaired) electrons. The number of nitrogens with zero attached hydrogens (tertiary/aromatic N) is 2. The first kappa shape index (κ1) is 16.5. The van der Waals surface area contributed by atoms with Crippen LogP contribution in [-0.2, 0) is 12.6 Å². The van der Waals surface area contributed by atoms with E-state index >= 15 is 0 Å². The molecule has 1 unspecified atom stereocenters. The number of alkyl halides is 3. The lowest BCUT2D eigenvalue weighted by atomic mass is 10.0. The van der Waals surface area contributed by atoms with Crippen LogP contribution < -0.4 is 0 Å². The molecular formula is C15H17F3N2O2. The minimum atomic E-state index is -4.38. The van der Waals surface area contributed by atoms with Crippen molar-refractivity contribution in [2.24, 2.45) is 5.92 Å². The van der Waals surface area contributed by atoms with Crippen LogP contribution in [0.1, 0.15) is 31.7 Å². The minimum Gasteiger partial charge on any atom is -0.421 e. The normalized spacial score (nSPS) is 13.6. The Bertz CT molecular complexity index is 606. The fourth-order valence-corrected chi connectivity index (χ4v) is 2.08. The van der Waals surface area contributed by atoms with Crippen LogP contribution >= 0.6 is 0 Å². The first-order valence-corrected chi connectivity index (χ1v) is 6.93. The Kier molecular flexibility index (Phi) is 4.85. The standard InChI is InChI=1S/C15H17F3N2O2/c1-9(2)7-12(21)8-13-19-20-14(22-13)10-3-5-11(6-4-10)15(16,17)18/h3-6,9,12,21H,7-8H2,1-2H3. The molecule has 120 valence electrons. The Hall–Kier alpha value is -1.89. The van der Waals surface area contributed by atoms with Crippen molar-refractivity contribution >= 4 is 0 Å². The number of halogens is 3. The predicted molar refractivity (Wildman–Crippen MR) is 73.9 cm³/mol. The number of aliphatic hydroxyl groups excluding tert-OH is 1. The summed E-state index contributed by atoms with van der Waals surface area (Å²) in [5, 5.41) is 17.4. The molecule has 0 bridgehead atoms. The zero-order valence-corrected chi connectivity index (χ0v) is 12.3. The van der Waals surface area contributed by atoms with E-state index in [1.807, 2.05) is 13.8 Å². The number of benzene rings is 1. The largest absolute Gasteiger partial charge is 0.421 e. The quantitative estimate of drug-likeness (QED) is 0.914. The Balaban J connectivity index is 2.08. The second-order valence-corrected chi connectivity index (χ2v) is 5.56. The van der Waals surface area contributed by atoms with Gasteiger partial charge in [0.25, 0.3) is 0 Å². The van der Waals surface area contributed by atoms with Crippen molar-refractivity contribution in [2.45, 2.75) is 39.0 Å². The highest BCUT2D eigenvalue weighted by Crippen LogP contribution is 2.30. The number of aromatic nitrogens is 2. The second-order valence-electron chi connectivity index (χ2n) is 5.56. The predicted octanol–water partition coefficient (Wildman–Crippen LogP) is 3.70. The summed E-state index contributed by atoms with van der Waals surface area (Å²) in [6.45, 7) is 3.98. The molecule has 2 aromatic rings. The summed E-state index contributed by atoms with van der Waals surface area (Å²) in [4.78, 5) is 0. The molecule has 1 heterocycles. The third-order valence-corrected chi connectivity index (χ3v) is 3.08. The summed E-state index contributed by atoms with van der Waals surface area (Å²) >= 11 is 0. The molecule has 0 aliphatic rings. The van der Waals surface area contributed by atoms with Crippen LogP contribution in [0.3, 0.4) is 0 Å². The van der Waals surface area contributed by atoms with Gasteiger partial charge in [-0.25, -0.2) is 0 Å². The van der Waals surface area contributed by atoms with Crippen molar-refractivity contribution in [2.75, 3.05) is 0 Å². The van der Waals surface area contributed by atoms with E-state index in [1.54, 1.807) is 0 Å². The van der Waals surface area contributed by atoms with Crippen molar-refractivity contribution in [3.05, 3.63) is 35.7 Å². The number of hydrogen-bond donors (Lipinski definition) is 1. The molecule has 0 amide bonds. The SMILES string of the molecule is CC(C)CC(O)Cc1nnc(-c2ccc(C(F)(F)F)cc2)o1. The van der Waals surface area contributed by atoms with Crippen molar-refractivity contribution in [1.29, 1.82) is 0 Å². The lowest BCUT2D eigenvalue weighted by Gasteiger charge is -2.09. The van der Waals surface area contributed by atoms with Gasteiger partial charge in [-0.15, -0.1) is 10.2 Å². The zero-order valence-electron chi connectivity index (χ0n) is 12.3. The van der Waals surface area contributed by atoms with Crippen molar-refractivity contribution < 1.29 is 22.7 Å². The van der Waals surface area contributed by atoms with E-state index in [0.29, 0.717) is 17.9 Å². The molecule has 2 rings (SSSR count). The second kappa shape index (κ2) is 6.48. The van der Waals surface area contributed by atoms with Crippen LogP contribution in [-0.4, -0.2) is 21.4 Å². The van der Waals surface area contributed by atoms with E-state index in [2.05, 4.69) is 10.2 Å². The Labute approximate surface area is 126 Å². The summed E-state index contributed by atoms with van der Waals surface area (Å²) in [6, 6.07) is 4.49. The molecule has 0 aliphatic heterocycles. The fraction of sp³-hybridized carbons (Fsp3) is 0.467. The topological polar surface area (TPSA) is 59.2 Å². The first-order chi connectivity index (χ1) is 10.3. The molecule has 0 aliphatic carbocycles. The van der Waals surface area contributed by atoms with E-state index in [0.717, 1.165) is 12.1 Å². The van der Waals surface area contributed by atoms with Crippen LogP contribution in [0.4, 0.5) is 13.2 Å². The van der Waals surface area contributed by atoms with Crippen molar-refractivity contribution in [3.63, 3.8) is 0 Å². The maximum atomic E-state index is 12.5. The molecule has 0 fully saturated rings. The highest BCUT2D eigenvalue weighted by molar-refractivity contribution is 5.53. The van der Waals surface area contributed by atoms with Gasteiger partial charge in [-0.3, -0.25) is 0 Å². The zero-order chi connectivity index (χ0) is 16.3. The maximum Gasteiger partial charge on any atom is 0.416 e. The number of aliphatic hydroxyl groups is 1. The minimum absolute atomic E-state index is 0.139. The first-order valence-electron chi connectivity index (χ1n) is 6.93. The van der Waals surface area contributed by atoms with Gasteiger partial charge < -0.3 is 9.52 Å². The van der Waals surface area contributed by atoms with Crippen molar-refractivity contribution in [3.8, 4) is 11.5 Å². The van der Waals surface area contributed by atoms with Gasteiger partial charge >= 0.3 is 6.18 Å². The lowest BCUT2D eigenvalue weighted by Crippen LogP contribution is -2.13. The van der Waals surface area contributed by atoms with Crippen LogP contribution in [0.15, 0.2) is 28.7 Å². The summed E-state index contributed by atoms with van der Waals surface area (Å²) in [6.07, 6.45) is -4.12. The number of hydrogen-bond acceptors (Lipinski definition) is 4. The maximum absolute atomic E-state index is 12.5. The smallest absolute Gasteiger partial charge is 0.416 e. The number of rotatable bonds is 5. The molecular weight excluding hydrogens is 297 g/mol. The van der Waals surface area contributed by atoms with Crippen molar-refractivity contribution in [1.82, 2.24) is 10.2 Å². The van der Waals surface area contributed by atoms with Crippen LogP contribution in [0.2, 0.25) is 0 Å². The van der Waals surface area contributed by atoms with E-state index < -0.39 is 17.8 Å². The van der Waals surface area contributed by atoms with Gasteiger partial charge in [0.2, 0.25) is 11.8 Å². The molecule has 0 saturated heterocycles. The van der Waals surface area contributed by atoms with Crippen LogP contribution in [0.5, 0.6) is 0 Å². The molecule has 22 heavy (non-hydrogen) atoms. The fourth-order valence-electron chi connectivity index (χ4n) is 2.08. The molecule has 7 heteroatoms. The van der Waals surface area contributed by atoms with Gasteiger partial charge in [0.05, 0.1) is 18.1 Å². The molecule has 0 saturated carbocycles. The molecule has 1 atom stereocenters. The highest BCUT2D eigenvalue weighted by atomic mass is 19.4. The third kappa shape index (κ3) is 4.30. The Morgan fingerprint density at radius 2 is 1.77 bits per heavy atom. The summed E-state index contributed by atoms with van der Waals surface area (Å²) in [7, 11) is 0. The molecule has 1 N–H and O–H groups in total. The van der Waals surface area contributed by atoms with Gasteiger partial charge in [-0.05, 0) is 36.6 Å². The molecule has 4 nitrogen and oxygen atoms in total. The monoisotopic (exact) mass is 314 g/mol. The van der Waals surface area contributed by atoms with E-state index in [-0.39, 0.29) is 18.2 Å². The van der Waals surface area contributed by atoms with E-state index in [1.165, 1.54) is 12.1 Å². The van der Waals surface area contributed by atoms with Gasteiger partial charge in [-0.1, -0.05) is 13.8 Å². The highest BCUT2D eigenvalue weighted by Gasteiger charge is 2.30. The Morgan fingerprint density at radius 1 is 1.14 bits per heavy atom. The van der Waals surface area contributed by atoms with E-state index in [4.69, 9.17) is 4.42 Å². The average Bonchev–Trinajstić information content (AvgIpc) is 2.85. The summed E-state index contributed by atoms with van der Waals surface area (Å²) < 4.78 is 42.9. The average molecular weight is 314 g/mol. The van der Waals surface area contributed by atoms with E-state index in [9.17, 15) is 18.3 Å². The lowest BCUT2D eigenvalue weighted by molar-refractivity contribution is -0.137. The Morgan fingerprint density at radius 3 is 2.32 bits per heavy atom. The summed E-state index contributed by atoms with van der Waals surface area (Å²) in [5.74, 6) is 0.746. The van der Waals surface area contributed by atoms with Gasteiger partial charge in [0.1, 0.15) is 0 Å².